The maximum atomic E-state index is 12.5. The molecule has 22 heavy (non-hydrogen) atoms. The highest BCUT2D eigenvalue weighted by molar-refractivity contribution is 5.95. The quantitative estimate of drug-likeness (QED) is 0.849. The average Bonchev–Trinajstić information content (AvgIpc) is 3.15. The first-order chi connectivity index (χ1) is 10.2. The van der Waals surface area contributed by atoms with Gasteiger partial charge in [0, 0.05) is 19.0 Å². The number of hydrogen-bond acceptors (Lipinski definition) is 3. The van der Waals surface area contributed by atoms with Crippen molar-refractivity contribution in [1.29, 1.82) is 0 Å². The van der Waals surface area contributed by atoms with Crippen LogP contribution in [0.2, 0.25) is 0 Å². The van der Waals surface area contributed by atoms with Crippen LogP contribution in [0.15, 0.2) is 6.20 Å². The summed E-state index contributed by atoms with van der Waals surface area (Å²) in [5.74, 6) is 0.839. The molecule has 2 rings (SSSR count). The highest BCUT2D eigenvalue weighted by atomic mass is 16.3. The minimum atomic E-state index is -0.563. The zero-order chi connectivity index (χ0) is 16.5. The van der Waals surface area contributed by atoms with Crippen molar-refractivity contribution >= 4 is 5.91 Å². The van der Waals surface area contributed by atoms with Crippen molar-refractivity contribution in [2.24, 2.45) is 11.3 Å². The third-order valence-electron chi connectivity index (χ3n) is 4.08. The molecule has 1 aromatic rings. The van der Waals surface area contributed by atoms with E-state index in [0.29, 0.717) is 17.4 Å². The fourth-order valence-corrected chi connectivity index (χ4v) is 2.44. The van der Waals surface area contributed by atoms with Crippen LogP contribution in [0.5, 0.6) is 0 Å². The van der Waals surface area contributed by atoms with E-state index in [-0.39, 0.29) is 17.9 Å². The summed E-state index contributed by atoms with van der Waals surface area (Å²) in [5, 5.41) is 17.3. The van der Waals surface area contributed by atoms with Crippen molar-refractivity contribution < 1.29 is 9.90 Å². The molecule has 1 aliphatic rings. The molecule has 0 radical (unpaired) electrons. The number of amides is 1. The van der Waals surface area contributed by atoms with Gasteiger partial charge in [0.05, 0.1) is 23.6 Å². The second kappa shape index (κ2) is 6.41. The largest absolute Gasteiger partial charge is 0.391 e. The lowest BCUT2D eigenvalue weighted by Crippen LogP contribution is -2.39. The minimum Gasteiger partial charge on any atom is -0.391 e. The van der Waals surface area contributed by atoms with Crippen LogP contribution >= 0.6 is 0 Å². The maximum Gasteiger partial charge on any atom is 0.254 e. The molecule has 0 spiro atoms. The van der Waals surface area contributed by atoms with E-state index in [1.807, 2.05) is 25.5 Å². The molecule has 1 amide bonds. The van der Waals surface area contributed by atoms with Gasteiger partial charge in [0.25, 0.3) is 5.91 Å². The highest BCUT2D eigenvalue weighted by Crippen LogP contribution is 2.41. The molecule has 124 valence electrons. The normalized spacial score (nSPS) is 16.9. The fraction of sp³-hybridized carbons (Fsp3) is 0.765. The molecule has 5 heteroatoms. The Hall–Kier alpha value is -1.36. The molecule has 1 unspecified atom stereocenters. The number of nitrogens with zero attached hydrogens (tertiary/aromatic N) is 2. The Kier molecular flexibility index (Phi) is 4.95. The number of hydrogen-bond donors (Lipinski definition) is 2. The average molecular weight is 307 g/mol. The summed E-state index contributed by atoms with van der Waals surface area (Å²) in [7, 11) is 0. The van der Waals surface area contributed by atoms with Gasteiger partial charge in [0.2, 0.25) is 0 Å². The van der Waals surface area contributed by atoms with Crippen LogP contribution in [0.4, 0.5) is 0 Å². The van der Waals surface area contributed by atoms with Crippen LogP contribution in [0, 0.1) is 11.3 Å². The molecule has 0 aliphatic heterocycles. The fourth-order valence-electron chi connectivity index (χ4n) is 2.44. The summed E-state index contributed by atoms with van der Waals surface area (Å²) in [4.78, 5) is 12.5. The molecule has 0 bridgehead atoms. The molecule has 1 fully saturated rings. The smallest absolute Gasteiger partial charge is 0.254 e. The van der Waals surface area contributed by atoms with Crippen molar-refractivity contribution in [2.45, 2.75) is 66.0 Å². The number of rotatable bonds is 6. The number of nitrogens with one attached hydrogen (secondary N) is 1. The zero-order valence-corrected chi connectivity index (χ0v) is 14.4. The molecule has 0 aromatic carbocycles. The van der Waals surface area contributed by atoms with Crippen molar-refractivity contribution in [1.82, 2.24) is 15.1 Å². The van der Waals surface area contributed by atoms with Gasteiger partial charge in [-0.2, -0.15) is 5.10 Å². The van der Waals surface area contributed by atoms with E-state index >= 15 is 0 Å². The van der Waals surface area contributed by atoms with Crippen LogP contribution in [0.1, 0.15) is 69.4 Å². The summed E-state index contributed by atoms with van der Waals surface area (Å²) in [5.41, 5.74) is 1.50. The second-order valence-corrected chi connectivity index (χ2v) is 7.89. The third kappa shape index (κ3) is 4.09. The minimum absolute atomic E-state index is 0.125. The van der Waals surface area contributed by atoms with Crippen molar-refractivity contribution in [3.05, 3.63) is 17.5 Å². The maximum absolute atomic E-state index is 12.5. The number of carbonyl (C=O) groups is 1. The van der Waals surface area contributed by atoms with Gasteiger partial charge in [-0.1, -0.05) is 34.6 Å². The lowest BCUT2D eigenvalue weighted by atomic mass is 9.89. The van der Waals surface area contributed by atoms with Gasteiger partial charge in [-0.3, -0.25) is 9.48 Å². The number of aromatic nitrogens is 2. The van der Waals surface area contributed by atoms with Crippen molar-refractivity contribution in [2.75, 3.05) is 6.54 Å². The summed E-state index contributed by atoms with van der Waals surface area (Å²) in [6.07, 6.45) is 3.38. The van der Waals surface area contributed by atoms with Gasteiger partial charge < -0.3 is 10.4 Å². The second-order valence-electron chi connectivity index (χ2n) is 7.89. The molecule has 1 heterocycles. The van der Waals surface area contributed by atoms with Crippen LogP contribution in [0.3, 0.4) is 0 Å². The van der Waals surface area contributed by atoms with E-state index in [1.165, 1.54) is 0 Å². The molecule has 1 saturated carbocycles. The van der Waals surface area contributed by atoms with Crippen molar-refractivity contribution in [3.63, 3.8) is 0 Å². The SMILES string of the molecule is CC(C)Cn1ncc(C(=O)NCC(O)C(C)(C)C)c1C1CC1. The Bertz CT molecular complexity index is 524. The molecule has 0 saturated heterocycles. The van der Waals surface area contributed by atoms with Gasteiger partial charge in [-0.15, -0.1) is 0 Å². The van der Waals surface area contributed by atoms with E-state index in [2.05, 4.69) is 24.3 Å². The summed E-state index contributed by atoms with van der Waals surface area (Å²) in [6.45, 7) is 11.3. The Morgan fingerprint density at radius 2 is 2.09 bits per heavy atom. The van der Waals surface area contributed by atoms with E-state index in [0.717, 1.165) is 25.1 Å². The first-order valence-corrected chi connectivity index (χ1v) is 8.22. The van der Waals surface area contributed by atoms with Gasteiger partial charge in [0.15, 0.2) is 0 Å². The van der Waals surface area contributed by atoms with Crippen LogP contribution in [-0.4, -0.2) is 33.4 Å². The Balaban J connectivity index is 2.08. The summed E-state index contributed by atoms with van der Waals surface area (Å²) >= 11 is 0. The van der Waals surface area contributed by atoms with E-state index in [1.54, 1.807) is 6.20 Å². The molecule has 1 atom stereocenters. The van der Waals surface area contributed by atoms with E-state index in [4.69, 9.17) is 0 Å². The highest BCUT2D eigenvalue weighted by Gasteiger charge is 2.33. The van der Waals surface area contributed by atoms with E-state index < -0.39 is 6.10 Å². The van der Waals surface area contributed by atoms with Crippen LogP contribution < -0.4 is 5.32 Å². The molecule has 1 aliphatic carbocycles. The topological polar surface area (TPSA) is 67.2 Å². The molecule has 5 nitrogen and oxygen atoms in total. The van der Waals surface area contributed by atoms with Gasteiger partial charge in [-0.05, 0) is 24.2 Å². The molecule has 2 N–H and O–H groups in total. The Morgan fingerprint density at radius 3 is 2.59 bits per heavy atom. The summed E-state index contributed by atoms with van der Waals surface area (Å²) < 4.78 is 1.98. The van der Waals surface area contributed by atoms with Gasteiger partial charge >= 0.3 is 0 Å². The summed E-state index contributed by atoms with van der Waals surface area (Å²) in [6, 6.07) is 0. The Morgan fingerprint density at radius 1 is 1.45 bits per heavy atom. The van der Waals surface area contributed by atoms with Crippen LogP contribution in [0.25, 0.3) is 0 Å². The predicted molar refractivity (Wildman–Crippen MR) is 86.8 cm³/mol. The monoisotopic (exact) mass is 307 g/mol. The zero-order valence-electron chi connectivity index (χ0n) is 14.4. The Labute approximate surface area is 133 Å². The first kappa shape index (κ1) is 17.0. The standard InChI is InChI=1S/C17H29N3O2/c1-11(2)10-20-15(12-6-7-12)13(8-19-20)16(22)18-9-14(21)17(3,4)5/h8,11-12,14,21H,6-7,9-10H2,1-5H3,(H,18,22). The molecule has 1 aromatic heterocycles. The van der Waals surface area contributed by atoms with Crippen LogP contribution in [-0.2, 0) is 6.54 Å². The lowest BCUT2D eigenvalue weighted by Gasteiger charge is -2.25. The molecular formula is C17H29N3O2. The number of carbonyl (C=O) groups excluding carboxylic acids is 1. The first-order valence-electron chi connectivity index (χ1n) is 8.22. The number of aliphatic hydroxyl groups is 1. The van der Waals surface area contributed by atoms with Crippen molar-refractivity contribution in [3.8, 4) is 0 Å². The molecular weight excluding hydrogens is 278 g/mol. The van der Waals surface area contributed by atoms with E-state index in [9.17, 15) is 9.90 Å². The van der Waals surface area contributed by atoms with Gasteiger partial charge in [-0.25, -0.2) is 0 Å². The lowest BCUT2D eigenvalue weighted by molar-refractivity contribution is 0.0586. The third-order valence-corrected chi connectivity index (χ3v) is 4.08. The number of aliphatic hydroxyl groups excluding tert-OH is 1. The van der Waals surface area contributed by atoms with Gasteiger partial charge in [0.1, 0.15) is 0 Å². The predicted octanol–water partition coefficient (Wildman–Crippen LogP) is 2.55.